The van der Waals surface area contributed by atoms with Gasteiger partial charge >= 0.3 is 0 Å². The number of nitrogens with zero attached hydrogens (tertiary/aromatic N) is 2. The Hall–Kier alpha value is -3.29. The number of carbonyl (C=O) groups excluding carboxylic acids is 3. The molecule has 1 atom stereocenters. The van der Waals surface area contributed by atoms with Gasteiger partial charge in [-0.15, -0.1) is 0 Å². The Labute approximate surface area is 197 Å². The van der Waals surface area contributed by atoms with Gasteiger partial charge in [0.2, 0.25) is 5.91 Å². The Morgan fingerprint density at radius 2 is 1.85 bits per heavy atom. The number of hydroxylamine groups is 2. The van der Waals surface area contributed by atoms with Crippen molar-refractivity contribution in [3.05, 3.63) is 69.2 Å². The van der Waals surface area contributed by atoms with Crippen molar-refractivity contribution in [3.8, 4) is 11.8 Å². The normalized spacial score (nSPS) is 15.8. The first kappa shape index (κ1) is 24.4. The molecule has 3 rings (SSSR count). The van der Waals surface area contributed by atoms with Crippen LogP contribution >= 0.6 is 15.9 Å². The van der Waals surface area contributed by atoms with Crippen molar-refractivity contribution >= 4 is 33.7 Å². The number of nitrogens with one attached hydrogen (secondary N) is 1. The summed E-state index contributed by atoms with van der Waals surface area (Å²) in [6.45, 7) is 4.01. The number of halogens is 3. The number of amides is 3. The van der Waals surface area contributed by atoms with Crippen molar-refractivity contribution in [2.75, 3.05) is 6.54 Å². The lowest BCUT2D eigenvalue weighted by molar-refractivity contribution is -0.168. The van der Waals surface area contributed by atoms with Crippen LogP contribution in [0.1, 0.15) is 48.4 Å². The maximum absolute atomic E-state index is 14.8. The third-order valence-corrected chi connectivity index (χ3v) is 5.25. The van der Waals surface area contributed by atoms with E-state index in [0.717, 1.165) is 17.0 Å². The Bertz CT molecular complexity index is 1180. The van der Waals surface area contributed by atoms with Crippen LogP contribution in [0.2, 0.25) is 0 Å². The number of hydrogen-bond donors (Lipinski definition) is 2. The van der Waals surface area contributed by atoms with E-state index in [1.54, 1.807) is 38.1 Å². The molecule has 1 aliphatic heterocycles. The zero-order valence-electron chi connectivity index (χ0n) is 17.9. The van der Waals surface area contributed by atoms with E-state index >= 15 is 0 Å². The lowest BCUT2D eigenvalue weighted by Gasteiger charge is -2.27. The minimum atomic E-state index is -1.25. The Morgan fingerprint density at radius 3 is 2.42 bits per heavy atom. The highest BCUT2D eigenvalue weighted by Crippen LogP contribution is 2.33. The first-order chi connectivity index (χ1) is 15.4. The molecule has 7 nitrogen and oxygen atoms in total. The summed E-state index contributed by atoms with van der Waals surface area (Å²) in [5, 5.41) is 13.2. The maximum atomic E-state index is 14.8. The molecule has 3 amide bonds. The van der Waals surface area contributed by atoms with Crippen LogP contribution in [0.25, 0.3) is 0 Å². The fourth-order valence-corrected chi connectivity index (χ4v) is 3.85. The van der Waals surface area contributed by atoms with E-state index in [1.165, 1.54) is 6.92 Å². The molecule has 1 heterocycles. The van der Waals surface area contributed by atoms with E-state index in [1.807, 2.05) is 0 Å². The number of carbonyl (C=O) groups is 3. The summed E-state index contributed by atoms with van der Waals surface area (Å²) < 4.78 is 30.3. The van der Waals surface area contributed by atoms with Gasteiger partial charge in [-0.05, 0) is 43.7 Å². The fourth-order valence-electron chi connectivity index (χ4n) is 3.44. The van der Waals surface area contributed by atoms with Gasteiger partial charge in [0.25, 0.3) is 11.8 Å². The Morgan fingerprint density at radius 1 is 1.21 bits per heavy atom. The highest BCUT2D eigenvalue weighted by atomic mass is 79.9. The molecule has 1 saturated heterocycles. The largest absolute Gasteiger partial charge is 0.341 e. The van der Waals surface area contributed by atoms with Gasteiger partial charge in [0.1, 0.15) is 23.7 Å². The highest BCUT2D eigenvalue weighted by molar-refractivity contribution is 9.10. The second kappa shape index (κ2) is 9.29. The van der Waals surface area contributed by atoms with Crippen LogP contribution in [0.5, 0.6) is 0 Å². The Balaban J connectivity index is 1.95. The van der Waals surface area contributed by atoms with Crippen molar-refractivity contribution in [2.45, 2.75) is 32.5 Å². The van der Waals surface area contributed by atoms with Crippen molar-refractivity contribution in [2.24, 2.45) is 0 Å². The monoisotopic (exact) mass is 519 g/mol. The molecule has 0 aromatic heterocycles. The second-order valence-electron chi connectivity index (χ2n) is 7.97. The molecular formula is C23H20BrF2N3O4. The number of benzene rings is 2. The van der Waals surface area contributed by atoms with Gasteiger partial charge in [-0.1, -0.05) is 39.9 Å². The summed E-state index contributed by atoms with van der Waals surface area (Å²) in [6.07, 6.45) is -1.25. The van der Waals surface area contributed by atoms with E-state index in [2.05, 4.69) is 33.1 Å². The molecule has 10 heteroatoms. The van der Waals surface area contributed by atoms with Crippen molar-refractivity contribution in [1.82, 2.24) is 15.3 Å². The standard InChI is InChI=1S/C23H20BrF2N3O4/c1-13(30)27-23(2,3)8-7-14-9-17(25)20(18(26)10-14)22(32)28-12-19(31)29(33)21(28)15-5-4-6-16(24)11-15/h4-6,9-11,21,33H,12H2,1-3H3,(H,27,30). The molecule has 1 fully saturated rings. The molecular weight excluding hydrogens is 500 g/mol. The van der Waals surface area contributed by atoms with Gasteiger partial charge < -0.3 is 10.2 Å². The van der Waals surface area contributed by atoms with Crippen LogP contribution in [0.4, 0.5) is 8.78 Å². The highest BCUT2D eigenvalue weighted by Gasteiger charge is 2.43. The molecule has 172 valence electrons. The summed E-state index contributed by atoms with van der Waals surface area (Å²) in [5.74, 6) is 0.752. The topological polar surface area (TPSA) is 90.0 Å². The summed E-state index contributed by atoms with van der Waals surface area (Å²) in [6, 6.07) is 8.29. The molecule has 33 heavy (non-hydrogen) atoms. The van der Waals surface area contributed by atoms with Crippen molar-refractivity contribution < 1.29 is 28.4 Å². The van der Waals surface area contributed by atoms with Crippen LogP contribution in [0.3, 0.4) is 0 Å². The minimum Gasteiger partial charge on any atom is -0.341 e. The number of rotatable bonds is 3. The van der Waals surface area contributed by atoms with Gasteiger partial charge in [0.15, 0.2) is 6.17 Å². The maximum Gasteiger partial charge on any atom is 0.267 e. The van der Waals surface area contributed by atoms with E-state index in [9.17, 15) is 28.4 Å². The second-order valence-corrected chi connectivity index (χ2v) is 8.89. The van der Waals surface area contributed by atoms with E-state index in [0.29, 0.717) is 15.1 Å². The predicted octanol–water partition coefficient (Wildman–Crippen LogP) is 3.37. The molecule has 2 aromatic rings. The number of hydrogen-bond acceptors (Lipinski definition) is 4. The summed E-state index contributed by atoms with van der Waals surface area (Å²) in [5.41, 5.74) is -1.48. The van der Waals surface area contributed by atoms with Gasteiger partial charge in [0.05, 0.1) is 5.54 Å². The first-order valence-corrected chi connectivity index (χ1v) is 10.6. The van der Waals surface area contributed by atoms with Crippen LogP contribution < -0.4 is 5.32 Å². The average Bonchev–Trinajstić information content (AvgIpc) is 2.99. The molecule has 0 bridgehead atoms. The summed E-state index contributed by atoms with van der Waals surface area (Å²) in [4.78, 5) is 37.3. The zero-order valence-corrected chi connectivity index (χ0v) is 19.5. The van der Waals surface area contributed by atoms with Gasteiger partial charge in [-0.25, -0.2) is 8.78 Å². The van der Waals surface area contributed by atoms with E-state index in [-0.39, 0.29) is 11.5 Å². The smallest absolute Gasteiger partial charge is 0.267 e. The average molecular weight is 520 g/mol. The molecule has 1 aliphatic rings. The predicted molar refractivity (Wildman–Crippen MR) is 118 cm³/mol. The third-order valence-electron chi connectivity index (χ3n) is 4.76. The van der Waals surface area contributed by atoms with E-state index < -0.39 is 47.3 Å². The summed E-state index contributed by atoms with van der Waals surface area (Å²) >= 11 is 3.27. The Kier molecular flexibility index (Phi) is 6.86. The lowest BCUT2D eigenvalue weighted by atomic mass is 10.0. The van der Waals surface area contributed by atoms with Crippen LogP contribution in [-0.4, -0.2) is 45.0 Å². The molecule has 0 spiro atoms. The van der Waals surface area contributed by atoms with E-state index in [4.69, 9.17) is 0 Å². The van der Waals surface area contributed by atoms with Gasteiger partial charge in [0, 0.05) is 17.0 Å². The molecule has 0 radical (unpaired) electrons. The molecule has 1 unspecified atom stereocenters. The molecule has 0 saturated carbocycles. The van der Waals surface area contributed by atoms with Crippen LogP contribution in [-0.2, 0) is 9.59 Å². The summed E-state index contributed by atoms with van der Waals surface area (Å²) in [7, 11) is 0. The van der Waals surface area contributed by atoms with Crippen molar-refractivity contribution in [3.63, 3.8) is 0 Å². The molecule has 2 aromatic carbocycles. The molecule has 2 N–H and O–H groups in total. The minimum absolute atomic E-state index is 0.0372. The fraction of sp³-hybridized carbons (Fsp3) is 0.261. The third kappa shape index (κ3) is 5.38. The first-order valence-electron chi connectivity index (χ1n) is 9.78. The quantitative estimate of drug-likeness (QED) is 0.480. The van der Waals surface area contributed by atoms with Crippen LogP contribution in [0.15, 0.2) is 40.9 Å². The zero-order chi connectivity index (χ0) is 24.5. The SMILES string of the molecule is CC(=O)NC(C)(C)C#Cc1cc(F)c(C(=O)N2CC(=O)N(O)C2c2cccc(Br)c2)c(F)c1. The van der Waals surface area contributed by atoms with Crippen molar-refractivity contribution in [1.29, 1.82) is 0 Å². The van der Waals surface area contributed by atoms with Gasteiger partial charge in [-0.3, -0.25) is 19.6 Å². The van der Waals surface area contributed by atoms with Crippen LogP contribution in [0, 0.1) is 23.5 Å². The molecule has 0 aliphatic carbocycles. The lowest BCUT2D eigenvalue weighted by Crippen LogP contribution is -2.40. The van der Waals surface area contributed by atoms with Gasteiger partial charge in [-0.2, -0.15) is 5.06 Å².